The molecule has 1 aromatic carbocycles. The molecule has 0 bridgehead atoms. The highest BCUT2D eigenvalue weighted by atomic mass is 32.2. The molecule has 0 amide bonds. The molecule has 0 spiro atoms. The van der Waals surface area contributed by atoms with E-state index < -0.39 is 4.92 Å². The second kappa shape index (κ2) is 6.06. The van der Waals surface area contributed by atoms with E-state index in [1.54, 1.807) is 12.1 Å². The van der Waals surface area contributed by atoms with Crippen molar-refractivity contribution >= 4 is 23.1 Å². The predicted molar refractivity (Wildman–Crippen MR) is 73.2 cm³/mol. The van der Waals surface area contributed by atoms with E-state index in [9.17, 15) is 15.2 Å². The molecule has 98 valence electrons. The fourth-order valence-corrected chi connectivity index (χ4v) is 2.96. The van der Waals surface area contributed by atoms with Crippen molar-refractivity contribution in [1.29, 1.82) is 0 Å². The van der Waals surface area contributed by atoms with Gasteiger partial charge in [0.2, 0.25) is 0 Å². The van der Waals surface area contributed by atoms with Crippen molar-refractivity contribution in [3.63, 3.8) is 0 Å². The van der Waals surface area contributed by atoms with Gasteiger partial charge in [0, 0.05) is 30.6 Å². The number of aliphatic hydroxyl groups excluding tert-OH is 1. The van der Waals surface area contributed by atoms with Crippen molar-refractivity contribution in [1.82, 2.24) is 0 Å². The van der Waals surface area contributed by atoms with E-state index in [-0.39, 0.29) is 12.3 Å². The number of benzene rings is 1. The largest absolute Gasteiger partial charge is 0.391 e. The third-order valence-electron chi connectivity index (χ3n) is 3.02. The molecule has 1 aliphatic rings. The minimum Gasteiger partial charge on any atom is -0.391 e. The summed E-state index contributed by atoms with van der Waals surface area (Å²) in [6.45, 7) is 1.62. The van der Waals surface area contributed by atoms with Crippen molar-refractivity contribution in [2.75, 3.05) is 29.5 Å². The summed E-state index contributed by atoms with van der Waals surface area (Å²) >= 11 is 1.93. The predicted octanol–water partition coefficient (Wildman–Crippen LogP) is 2.03. The molecule has 0 atom stereocenters. The van der Waals surface area contributed by atoms with Crippen LogP contribution < -0.4 is 4.90 Å². The van der Waals surface area contributed by atoms with E-state index >= 15 is 0 Å². The van der Waals surface area contributed by atoms with Crippen LogP contribution in [0.1, 0.15) is 12.0 Å². The third kappa shape index (κ3) is 2.94. The maximum Gasteiger partial charge on any atom is 0.275 e. The van der Waals surface area contributed by atoms with Gasteiger partial charge in [-0.3, -0.25) is 10.1 Å². The van der Waals surface area contributed by atoms with Crippen molar-refractivity contribution in [2.24, 2.45) is 0 Å². The van der Waals surface area contributed by atoms with E-state index in [0.717, 1.165) is 36.7 Å². The number of thioether (sulfide) groups is 1. The van der Waals surface area contributed by atoms with Crippen LogP contribution in [0.3, 0.4) is 0 Å². The van der Waals surface area contributed by atoms with Gasteiger partial charge in [-0.25, -0.2) is 0 Å². The smallest absolute Gasteiger partial charge is 0.275 e. The first kappa shape index (κ1) is 13.2. The lowest BCUT2D eigenvalue weighted by Gasteiger charge is -2.22. The summed E-state index contributed by atoms with van der Waals surface area (Å²) < 4.78 is 0. The molecule has 0 unspecified atom stereocenters. The SMILES string of the molecule is O=[N+]([O-])c1ccc(N2CCCSCC2)cc1CO. The fraction of sp³-hybridized carbons (Fsp3) is 0.500. The maximum atomic E-state index is 10.8. The van der Waals surface area contributed by atoms with Crippen LogP contribution in [-0.4, -0.2) is 34.6 Å². The monoisotopic (exact) mass is 268 g/mol. The summed E-state index contributed by atoms with van der Waals surface area (Å²) in [5, 5.41) is 20.0. The molecule has 0 saturated carbocycles. The van der Waals surface area contributed by atoms with Crippen LogP contribution in [0.5, 0.6) is 0 Å². The Labute approximate surface area is 110 Å². The van der Waals surface area contributed by atoms with Gasteiger partial charge in [0.1, 0.15) is 0 Å². The van der Waals surface area contributed by atoms with E-state index in [4.69, 9.17) is 0 Å². The summed E-state index contributed by atoms with van der Waals surface area (Å²) in [4.78, 5) is 12.6. The number of rotatable bonds is 3. The summed E-state index contributed by atoms with van der Waals surface area (Å²) in [5.41, 5.74) is 1.34. The lowest BCUT2D eigenvalue weighted by molar-refractivity contribution is -0.385. The highest BCUT2D eigenvalue weighted by Crippen LogP contribution is 2.26. The van der Waals surface area contributed by atoms with E-state index in [0.29, 0.717) is 5.56 Å². The quantitative estimate of drug-likeness (QED) is 0.671. The first-order valence-electron chi connectivity index (χ1n) is 5.93. The van der Waals surface area contributed by atoms with Crippen LogP contribution in [0, 0.1) is 10.1 Å². The molecule has 18 heavy (non-hydrogen) atoms. The number of nitro benzene ring substituents is 1. The molecule has 6 heteroatoms. The average molecular weight is 268 g/mol. The Kier molecular flexibility index (Phi) is 4.43. The normalized spacial score (nSPS) is 16.4. The number of anilines is 1. The summed E-state index contributed by atoms with van der Waals surface area (Å²) in [7, 11) is 0. The van der Waals surface area contributed by atoms with Crippen molar-refractivity contribution in [3.05, 3.63) is 33.9 Å². The molecule has 1 N–H and O–H groups in total. The van der Waals surface area contributed by atoms with Crippen LogP contribution in [0.25, 0.3) is 0 Å². The highest BCUT2D eigenvalue weighted by molar-refractivity contribution is 7.99. The minimum atomic E-state index is -0.451. The molecule has 1 fully saturated rings. The average Bonchev–Trinajstić information content (AvgIpc) is 2.66. The zero-order valence-corrected chi connectivity index (χ0v) is 10.9. The van der Waals surface area contributed by atoms with Crippen LogP contribution in [0.2, 0.25) is 0 Å². The zero-order chi connectivity index (χ0) is 13.0. The molecule has 2 rings (SSSR count). The molecule has 0 aromatic heterocycles. The molecule has 1 aromatic rings. The highest BCUT2D eigenvalue weighted by Gasteiger charge is 2.16. The maximum absolute atomic E-state index is 10.8. The Morgan fingerprint density at radius 1 is 1.39 bits per heavy atom. The Morgan fingerprint density at radius 3 is 2.94 bits per heavy atom. The van der Waals surface area contributed by atoms with Gasteiger partial charge in [-0.2, -0.15) is 11.8 Å². The summed E-state index contributed by atoms with van der Waals surface area (Å²) in [6.07, 6.45) is 1.12. The first-order valence-corrected chi connectivity index (χ1v) is 7.08. The van der Waals surface area contributed by atoms with Crippen LogP contribution in [0.4, 0.5) is 11.4 Å². The topological polar surface area (TPSA) is 66.6 Å². The molecule has 0 aliphatic carbocycles. The summed E-state index contributed by atoms with van der Waals surface area (Å²) in [5.74, 6) is 2.24. The number of hydrogen-bond donors (Lipinski definition) is 1. The minimum absolute atomic E-state index is 0.00885. The fourth-order valence-electron chi connectivity index (χ4n) is 2.08. The molecule has 1 saturated heterocycles. The molecular weight excluding hydrogens is 252 g/mol. The molecule has 0 radical (unpaired) electrons. The molecule has 1 aliphatic heterocycles. The lowest BCUT2D eigenvalue weighted by atomic mass is 10.1. The second-order valence-electron chi connectivity index (χ2n) is 4.18. The standard InChI is InChI=1S/C12H16N2O3S/c15-9-10-8-11(2-3-12(10)14(16)17)13-4-1-6-18-7-5-13/h2-3,8,15H,1,4-7,9H2. The summed E-state index contributed by atoms with van der Waals surface area (Å²) in [6, 6.07) is 4.99. The van der Waals surface area contributed by atoms with Crippen molar-refractivity contribution < 1.29 is 10.0 Å². The number of nitrogens with zero attached hydrogens (tertiary/aromatic N) is 2. The van der Waals surface area contributed by atoms with Gasteiger partial charge < -0.3 is 10.0 Å². The number of aliphatic hydroxyl groups is 1. The number of nitro groups is 1. The van der Waals surface area contributed by atoms with Gasteiger partial charge in [0.15, 0.2) is 0 Å². The van der Waals surface area contributed by atoms with Gasteiger partial charge in [0.05, 0.1) is 17.1 Å². The zero-order valence-electron chi connectivity index (χ0n) is 10.0. The number of hydrogen-bond acceptors (Lipinski definition) is 5. The van der Waals surface area contributed by atoms with Crippen LogP contribution >= 0.6 is 11.8 Å². The van der Waals surface area contributed by atoms with Gasteiger partial charge in [-0.1, -0.05) is 0 Å². The lowest BCUT2D eigenvalue weighted by Crippen LogP contribution is -2.25. The Bertz CT molecular complexity index is 431. The Hall–Kier alpha value is -1.27. The Balaban J connectivity index is 2.25. The van der Waals surface area contributed by atoms with Crippen molar-refractivity contribution in [2.45, 2.75) is 13.0 Å². The van der Waals surface area contributed by atoms with Crippen LogP contribution in [0.15, 0.2) is 18.2 Å². The van der Waals surface area contributed by atoms with Crippen LogP contribution in [-0.2, 0) is 6.61 Å². The van der Waals surface area contributed by atoms with Gasteiger partial charge >= 0.3 is 0 Å². The van der Waals surface area contributed by atoms with Gasteiger partial charge in [-0.05, 0) is 24.3 Å². The molecular formula is C12H16N2O3S. The second-order valence-corrected chi connectivity index (χ2v) is 5.41. The third-order valence-corrected chi connectivity index (χ3v) is 4.07. The van der Waals surface area contributed by atoms with Gasteiger partial charge in [-0.15, -0.1) is 0 Å². The van der Waals surface area contributed by atoms with E-state index in [1.165, 1.54) is 6.07 Å². The van der Waals surface area contributed by atoms with Crippen molar-refractivity contribution in [3.8, 4) is 0 Å². The molecule has 5 nitrogen and oxygen atoms in total. The van der Waals surface area contributed by atoms with E-state index in [1.807, 2.05) is 11.8 Å². The Morgan fingerprint density at radius 2 is 2.22 bits per heavy atom. The van der Waals surface area contributed by atoms with E-state index in [2.05, 4.69) is 4.90 Å². The molecule has 1 heterocycles. The first-order chi connectivity index (χ1) is 8.72. The van der Waals surface area contributed by atoms with Gasteiger partial charge in [0.25, 0.3) is 5.69 Å².